The van der Waals surface area contributed by atoms with Crippen LogP contribution in [0.15, 0.2) is 64.1 Å². The smallest absolute Gasteiger partial charge is 0.284 e. The number of nitrogens with one attached hydrogen (secondary N) is 1. The van der Waals surface area contributed by atoms with Crippen molar-refractivity contribution in [3.63, 3.8) is 0 Å². The van der Waals surface area contributed by atoms with Gasteiger partial charge in [-0.1, -0.05) is 23.4 Å². The molecule has 6 nitrogen and oxygen atoms in total. The molecule has 26 heavy (non-hydrogen) atoms. The first kappa shape index (κ1) is 15.9. The Labute approximate surface area is 145 Å². The van der Waals surface area contributed by atoms with Crippen molar-refractivity contribution >= 4 is 0 Å². The molecule has 0 bridgehead atoms. The van der Waals surface area contributed by atoms with Gasteiger partial charge in [0, 0.05) is 11.6 Å². The fourth-order valence-corrected chi connectivity index (χ4v) is 2.61. The first-order chi connectivity index (χ1) is 12.6. The summed E-state index contributed by atoms with van der Waals surface area (Å²) in [6.07, 6.45) is 1.41. The van der Waals surface area contributed by atoms with Gasteiger partial charge in [0.25, 0.3) is 5.56 Å². The van der Waals surface area contributed by atoms with Gasteiger partial charge in [-0.05, 0) is 24.3 Å². The number of benzene rings is 1. The Balaban J connectivity index is 1.82. The highest BCUT2D eigenvalue weighted by atomic mass is 19.1. The number of hydrogen-bond donors (Lipinski definition) is 1. The highest BCUT2D eigenvalue weighted by Gasteiger charge is 2.16. The van der Waals surface area contributed by atoms with Gasteiger partial charge in [0.15, 0.2) is 5.82 Å². The molecule has 1 aromatic carbocycles. The maximum atomic E-state index is 14.0. The van der Waals surface area contributed by atoms with Crippen molar-refractivity contribution in [2.75, 3.05) is 0 Å². The topological polar surface area (TPSA) is 76.7 Å². The van der Waals surface area contributed by atoms with E-state index >= 15 is 0 Å². The highest BCUT2D eigenvalue weighted by Crippen LogP contribution is 2.25. The Kier molecular flexibility index (Phi) is 3.92. The van der Waals surface area contributed by atoms with Gasteiger partial charge in [0.2, 0.25) is 0 Å². The summed E-state index contributed by atoms with van der Waals surface area (Å²) in [5, 5.41) is 8.31. The summed E-state index contributed by atoms with van der Waals surface area (Å²) in [7, 11) is 0. The van der Waals surface area contributed by atoms with E-state index in [1.165, 1.54) is 18.4 Å². The summed E-state index contributed by atoms with van der Waals surface area (Å²) in [6.45, 7) is 0.153. The van der Waals surface area contributed by atoms with Crippen LogP contribution in [0.4, 0.5) is 8.78 Å². The molecule has 3 heterocycles. The van der Waals surface area contributed by atoms with E-state index in [-0.39, 0.29) is 12.4 Å². The van der Waals surface area contributed by atoms with Crippen molar-refractivity contribution in [1.82, 2.24) is 19.9 Å². The molecule has 8 heteroatoms. The number of pyridine rings is 1. The normalized spacial score (nSPS) is 11.0. The monoisotopic (exact) mass is 354 g/mol. The third-order valence-electron chi connectivity index (χ3n) is 3.90. The van der Waals surface area contributed by atoms with Gasteiger partial charge in [-0.3, -0.25) is 9.48 Å². The van der Waals surface area contributed by atoms with Crippen LogP contribution >= 0.6 is 0 Å². The molecule has 0 radical (unpaired) electrons. The Hall–Kier alpha value is -3.55. The summed E-state index contributed by atoms with van der Waals surface area (Å²) < 4.78 is 33.7. The van der Waals surface area contributed by atoms with Crippen LogP contribution in [0.5, 0.6) is 0 Å². The van der Waals surface area contributed by atoms with Gasteiger partial charge in [-0.25, -0.2) is 8.78 Å². The molecule has 1 N–H and O–H groups in total. The van der Waals surface area contributed by atoms with E-state index in [1.807, 2.05) is 0 Å². The van der Waals surface area contributed by atoms with Crippen molar-refractivity contribution in [2.45, 2.75) is 6.54 Å². The van der Waals surface area contributed by atoms with E-state index in [9.17, 15) is 13.6 Å². The van der Waals surface area contributed by atoms with Gasteiger partial charge >= 0.3 is 0 Å². The van der Waals surface area contributed by atoms with E-state index in [0.717, 1.165) is 6.07 Å². The second-order valence-corrected chi connectivity index (χ2v) is 5.60. The van der Waals surface area contributed by atoms with Gasteiger partial charge in [0.05, 0.1) is 17.9 Å². The van der Waals surface area contributed by atoms with Crippen LogP contribution in [0.3, 0.4) is 0 Å². The van der Waals surface area contributed by atoms with Gasteiger partial charge in [-0.15, -0.1) is 0 Å². The van der Waals surface area contributed by atoms with Crippen molar-refractivity contribution < 1.29 is 13.3 Å². The zero-order valence-electron chi connectivity index (χ0n) is 13.3. The molecule has 0 aliphatic heterocycles. The molecular formula is C18H12F2N4O2. The van der Waals surface area contributed by atoms with Crippen molar-refractivity contribution in [1.29, 1.82) is 0 Å². The average Bonchev–Trinajstić information content (AvgIpc) is 3.29. The lowest BCUT2D eigenvalue weighted by Gasteiger charge is -2.06. The quantitative estimate of drug-likeness (QED) is 0.610. The van der Waals surface area contributed by atoms with Gasteiger partial charge in [0.1, 0.15) is 23.5 Å². The second kappa shape index (κ2) is 6.40. The summed E-state index contributed by atoms with van der Waals surface area (Å²) in [4.78, 5) is 14.0. The number of hydrogen-bond acceptors (Lipinski definition) is 4. The van der Waals surface area contributed by atoms with Crippen LogP contribution in [0.1, 0.15) is 5.56 Å². The number of halogens is 2. The highest BCUT2D eigenvalue weighted by molar-refractivity contribution is 5.64. The first-order valence-corrected chi connectivity index (χ1v) is 7.73. The number of aromatic amines is 1. The zero-order chi connectivity index (χ0) is 18.1. The molecule has 0 fully saturated rings. The molecule has 3 aromatic heterocycles. The van der Waals surface area contributed by atoms with E-state index in [1.54, 1.807) is 35.0 Å². The van der Waals surface area contributed by atoms with E-state index in [0.29, 0.717) is 28.3 Å². The van der Waals surface area contributed by atoms with Crippen LogP contribution in [-0.4, -0.2) is 19.9 Å². The molecule has 0 atom stereocenters. The minimum atomic E-state index is -0.878. The number of H-pyrrole nitrogens is 1. The average molecular weight is 354 g/mol. The molecule has 0 spiro atoms. The van der Waals surface area contributed by atoms with Crippen molar-refractivity contribution in [2.24, 2.45) is 0 Å². The van der Waals surface area contributed by atoms with Crippen LogP contribution in [0.25, 0.3) is 22.8 Å². The third-order valence-corrected chi connectivity index (χ3v) is 3.90. The SMILES string of the molecule is O=c1[nH]c(-c2cc(-c3ccon3)n(Cc3ccccc3F)n2)ccc1F. The van der Waals surface area contributed by atoms with Crippen LogP contribution in [0, 0.1) is 11.6 Å². The third kappa shape index (κ3) is 2.92. The molecule has 0 aliphatic rings. The Morgan fingerprint density at radius 1 is 1.04 bits per heavy atom. The lowest BCUT2D eigenvalue weighted by molar-refractivity contribution is 0.421. The lowest BCUT2D eigenvalue weighted by atomic mass is 10.2. The maximum Gasteiger partial charge on any atom is 0.284 e. The molecule has 4 aromatic rings. The molecule has 4 rings (SSSR count). The summed E-state index contributed by atoms with van der Waals surface area (Å²) in [5.41, 5.74) is 1.42. The summed E-state index contributed by atoms with van der Waals surface area (Å²) >= 11 is 0. The van der Waals surface area contributed by atoms with Crippen molar-refractivity contribution in [3.8, 4) is 22.8 Å². The van der Waals surface area contributed by atoms with Crippen LogP contribution < -0.4 is 5.56 Å². The lowest BCUT2D eigenvalue weighted by Crippen LogP contribution is -2.11. The van der Waals surface area contributed by atoms with E-state index < -0.39 is 11.4 Å². The molecule has 0 amide bonds. The van der Waals surface area contributed by atoms with E-state index in [2.05, 4.69) is 15.2 Å². The minimum absolute atomic E-state index is 0.153. The van der Waals surface area contributed by atoms with Crippen LogP contribution in [0.2, 0.25) is 0 Å². The van der Waals surface area contributed by atoms with Gasteiger partial charge < -0.3 is 9.51 Å². The largest absolute Gasteiger partial charge is 0.364 e. The number of aromatic nitrogens is 4. The Morgan fingerprint density at radius 2 is 1.88 bits per heavy atom. The van der Waals surface area contributed by atoms with Gasteiger partial charge in [-0.2, -0.15) is 5.10 Å². The molecule has 0 aliphatic carbocycles. The van der Waals surface area contributed by atoms with Crippen molar-refractivity contribution in [3.05, 3.63) is 82.3 Å². The number of nitrogens with zero attached hydrogens (tertiary/aromatic N) is 3. The fraction of sp³-hybridized carbons (Fsp3) is 0.0556. The molecule has 0 unspecified atom stereocenters. The number of rotatable bonds is 4. The fourth-order valence-electron chi connectivity index (χ4n) is 2.61. The Bertz CT molecular complexity index is 1120. The summed E-state index contributed by atoms with van der Waals surface area (Å²) in [5.74, 6) is -1.23. The Morgan fingerprint density at radius 3 is 2.62 bits per heavy atom. The zero-order valence-corrected chi connectivity index (χ0v) is 13.3. The standard InChI is InChI=1S/C18H12F2N4O2/c19-12-4-2-1-3-11(12)10-24-17(15-7-8-26-23-15)9-16(22-24)14-6-5-13(20)18(25)21-14/h1-9H,10H2,(H,21,25). The maximum absolute atomic E-state index is 14.0. The predicted octanol–water partition coefficient (Wildman–Crippen LogP) is 3.22. The van der Waals surface area contributed by atoms with E-state index in [4.69, 9.17) is 4.52 Å². The predicted molar refractivity (Wildman–Crippen MR) is 89.2 cm³/mol. The second-order valence-electron chi connectivity index (χ2n) is 5.60. The molecule has 0 saturated heterocycles. The molecular weight excluding hydrogens is 342 g/mol. The molecule has 130 valence electrons. The summed E-state index contributed by atoms with van der Waals surface area (Å²) in [6, 6.07) is 12.2. The van der Waals surface area contributed by atoms with Crippen LogP contribution in [-0.2, 0) is 6.54 Å². The molecule has 0 saturated carbocycles. The minimum Gasteiger partial charge on any atom is -0.364 e. The first-order valence-electron chi connectivity index (χ1n) is 7.73.